The van der Waals surface area contributed by atoms with Gasteiger partial charge >= 0.3 is 6.18 Å². The van der Waals surface area contributed by atoms with Crippen LogP contribution < -0.4 is 9.64 Å². The van der Waals surface area contributed by atoms with Crippen LogP contribution in [0.3, 0.4) is 0 Å². The van der Waals surface area contributed by atoms with Gasteiger partial charge in [0.25, 0.3) is 0 Å². The highest BCUT2D eigenvalue weighted by Gasteiger charge is 2.34. The smallest absolute Gasteiger partial charge is 0.435 e. The number of halogens is 4. The predicted molar refractivity (Wildman–Crippen MR) is 96.2 cm³/mol. The van der Waals surface area contributed by atoms with E-state index in [-0.39, 0.29) is 12.5 Å². The molecular weight excluding hydrogens is 383 g/mol. The Balaban J connectivity index is 1.56. The van der Waals surface area contributed by atoms with Gasteiger partial charge in [0, 0.05) is 31.0 Å². The number of piperidine rings is 1. The first-order valence-corrected chi connectivity index (χ1v) is 9.03. The van der Waals surface area contributed by atoms with E-state index in [4.69, 9.17) is 16.3 Å². The van der Waals surface area contributed by atoms with Gasteiger partial charge in [-0.1, -0.05) is 11.6 Å². The Morgan fingerprint density at radius 2 is 2.00 bits per heavy atom. The molecule has 148 valence electrons. The Hall–Kier alpha value is -1.93. The van der Waals surface area contributed by atoms with Gasteiger partial charge in [0.2, 0.25) is 0 Å². The lowest BCUT2D eigenvalue weighted by Gasteiger charge is -2.35. The van der Waals surface area contributed by atoms with E-state index in [1.165, 1.54) is 6.20 Å². The predicted octanol–water partition coefficient (Wildman–Crippen LogP) is 3.84. The largest absolute Gasteiger partial charge is 0.495 e. The summed E-state index contributed by atoms with van der Waals surface area (Å²) in [6.07, 6.45) is -2.49. The number of hydrogen-bond donors (Lipinski definition) is 1. The van der Waals surface area contributed by atoms with Crippen LogP contribution in [0, 0.1) is 5.92 Å². The van der Waals surface area contributed by atoms with Crippen molar-refractivity contribution in [2.75, 3.05) is 25.1 Å². The summed E-state index contributed by atoms with van der Waals surface area (Å²) in [6, 6.07) is 6.50. The molecule has 1 N–H and O–H groups in total. The molecule has 0 saturated carbocycles. The maximum absolute atomic E-state index is 12.6. The lowest BCUT2D eigenvalue weighted by Crippen LogP contribution is -2.39. The zero-order valence-corrected chi connectivity index (χ0v) is 15.5. The van der Waals surface area contributed by atoms with Crippen LogP contribution >= 0.6 is 11.6 Å². The van der Waals surface area contributed by atoms with Gasteiger partial charge in [-0.05, 0) is 37.0 Å². The summed E-state index contributed by atoms with van der Waals surface area (Å²) < 4.78 is 44.2. The molecule has 2 aromatic rings. The molecule has 1 atom stereocenters. The van der Waals surface area contributed by atoms with Gasteiger partial charge < -0.3 is 14.7 Å². The van der Waals surface area contributed by atoms with Crippen LogP contribution in [0.5, 0.6) is 5.75 Å². The number of anilines is 1. The lowest BCUT2D eigenvalue weighted by atomic mass is 9.91. The summed E-state index contributed by atoms with van der Waals surface area (Å²) >= 11 is 6.05. The molecule has 1 aliphatic rings. The van der Waals surface area contributed by atoms with Crippen LogP contribution in [0.25, 0.3) is 0 Å². The molecule has 1 aliphatic heterocycles. The average molecular weight is 404 g/mol. The first-order valence-electron chi connectivity index (χ1n) is 8.65. The molecule has 2 heterocycles. The number of aromatic nitrogens is 2. The SMILES string of the molecule is COc1cc(N2CCC(C(O)Cn3ccc(C(F)(F)F)n3)CC2)ccc1Cl. The molecule has 1 aromatic heterocycles. The first-order chi connectivity index (χ1) is 12.8. The summed E-state index contributed by atoms with van der Waals surface area (Å²) in [5, 5.41) is 14.5. The summed E-state index contributed by atoms with van der Waals surface area (Å²) in [5.41, 5.74) is 0.0484. The third-order valence-electron chi connectivity index (χ3n) is 4.89. The van der Waals surface area contributed by atoms with Crippen molar-refractivity contribution in [2.24, 2.45) is 5.92 Å². The summed E-state index contributed by atoms with van der Waals surface area (Å²) in [7, 11) is 1.56. The van der Waals surface area contributed by atoms with Gasteiger partial charge in [-0.2, -0.15) is 18.3 Å². The zero-order chi connectivity index (χ0) is 19.6. The quantitative estimate of drug-likeness (QED) is 0.824. The van der Waals surface area contributed by atoms with Gasteiger partial charge in [0.1, 0.15) is 5.75 Å². The fourth-order valence-electron chi connectivity index (χ4n) is 3.34. The van der Waals surface area contributed by atoms with Crippen LogP contribution in [0.2, 0.25) is 5.02 Å². The Bertz CT molecular complexity index is 773. The van der Waals surface area contributed by atoms with Crippen LogP contribution in [-0.4, -0.2) is 41.2 Å². The molecular formula is C18H21ClF3N3O2. The summed E-state index contributed by atoms with van der Waals surface area (Å²) in [5.74, 6) is 0.615. The van der Waals surface area contributed by atoms with E-state index in [9.17, 15) is 18.3 Å². The molecule has 1 unspecified atom stereocenters. The lowest BCUT2D eigenvalue weighted by molar-refractivity contribution is -0.141. The van der Waals surface area contributed by atoms with Crippen LogP contribution in [0.4, 0.5) is 18.9 Å². The number of nitrogens with zero attached hydrogens (tertiary/aromatic N) is 3. The van der Waals surface area contributed by atoms with Gasteiger partial charge in [0.05, 0.1) is 24.8 Å². The molecule has 1 fully saturated rings. The normalized spacial score (nSPS) is 17.2. The fourth-order valence-corrected chi connectivity index (χ4v) is 3.54. The standard InChI is InChI=1S/C18H21ClF3N3O2/c1-27-16-10-13(2-3-14(16)19)24-7-4-12(5-8-24)15(26)11-25-9-6-17(23-25)18(20,21)22/h2-3,6,9-10,12,15,26H,4-5,7-8,11H2,1H3. The minimum Gasteiger partial charge on any atom is -0.495 e. The average Bonchev–Trinajstić information content (AvgIpc) is 3.11. The van der Waals surface area contributed by atoms with E-state index < -0.39 is 18.0 Å². The summed E-state index contributed by atoms with van der Waals surface area (Å²) in [4.78, 5) is 2.18. The van der Waals surface area contributed by atoms with Crippen molar-refractivity contribution in [2.45, 2.75) is 31.7 Å². The summed E-state index contributed by atoms with van der Waals surface area (Å²) in [6.45, 7) is 1.52. The van der Waals surface area contributed by atoms with Crippen molar-refractivity contribution in [3.63, 3.8) is 0 Å². The number of alkyl halides is 3. The van der Waals surface area contributed by atoms with E-state index in [1.807, 2.05) is 12.1 Å². The number of rotatable bonds is 5. The topological polar surface area (TPSA) is 50.5 Å². The van der Waals surface area contributed by atoms with Crippen LogP contribution in [-0.2, 0) is 12.7 Å². The van der Waals surface area contributed by atoms with Crippen molar-refractivity contribution in [3.05, 3.63) is 41.2 Å². The monoisotopic (exact) mass is 403 g/mol. The Labute approximate surface area is 160 Å². The third-order valence-corrected chi connectivity index (χ3v) is 5.20. The maximum atomic E-state index is 12.6. The van der Waals surface area contributed by atoms with Gasteiger partial charge in [0.15, 0.2) is 5.69 Å². The first kappa shape index (κ1) is 19.8. The number of aliphatic hydroxyl groups is 1. The molecule has 9 heteroatoms. The van der Waals surface area contributed by atoms with E-state index in [2.05, 4.69) is 10.00 Å². The van der Waals surface area contributed by atoms with Crippen molar-refractivity contribution in [1.29, 1.82) is 0 Å². The van der Waals surface area contributed by atoms with E-state index in [0.717, 1.165) is 42.4 Å². The molecule has 0 radical (unpaired) electrons. The second kappa shape index (κ2) is 7.98. The van der Waals surface area contributed by atoms with Crippen LogP contribution in [0.15, 0.2) is 30.5 Å². The molecule has 1 saturated heterocycles. The van der Waals surface area contributed by atoms with Gasteiger partial charge in [-0.25, -0.2) is 0 Å². The molecule has 0 bridgehead atoms. The second-order valence-electron chi connectivity index (χ2n) is 6.63. The highest BCUT2D eigenvalue weighted by atomic mass is 35.5. The van der Waals surface area contributed by atoms with Crippen molar-refractivity contribution in [3.8, 4) is 5.75 Å². The molecule has 0 amide bonds. The fraction of sp³-hybridized carbons (Fsp3) is 0.500. The van der Waals surface area contributed by atoms with E-state index >= 15 is 0 Å². The minimum absolute atomic E-state index is 0.00832. The van der Waals surface area contributed by atoms with Crippen LogP contribution in [0.1, 0.15) is 18.5 Å². The number of benzene rings is 1. The van der Waals surface area contributed by atoms with Gasteiger partial charge in [-0.3, -0.25) is 4.68 Å². The number of ether oxygens (including phenoxy) is 1. The highest BCUT2D eigenvalue weighted by molar-refractivity contribution is 6.32. The Kier molecular flexibility index (Phi) is 5.86. The number of aliphatic hydroxyl groups excluding tert-OH is 1. The molecule has 0 spiro atoms. The third kappa shape index (κ3) is 4.68. The zero-order valence-electron chi connectivity index (χ0n) is 14.8. The molecule has 5 nitrogen and oxygen atoms in total. The van der Waals surface area contributed by atoms with E-state index in [0.29, 0.717) is 10.8 Å². The molecule has 3 rings (SSSR count). The van der Waals surface area contributed by atoms with Crippen molar-refractivity contribution >= 4 is 17.3 Å². The molecule has 1 aromatic carbocycles. The Morgan fingerprint density at radius 3 is 2.59 bits per heavy atom. The highest BCUT2D eigenvalue weighted by Crippen LogP contribution is 2.32. The van der Waals surface area contributed by atoms with Gasteiger partial charge in [-0.15, -0.1) is 0 Å². The number of methoxy groups -OCH3 is 1. The maximum Gasteiger partial charge on any atom is 0.435 e. The second-order valence-corrected chi connectivity index (χ2v) is 7.04. The minimum atomic E-state index is -4.47. The van der Waals surface area contributed by atoms with Crippen molar-refractivity contribution in [1.82, 2.24) is 9.78 Å². The molecule has 27 heavy (non-hydrogen) atoms. The van der Waals surface area contributed by atoms with Crippen molar-refractivity contribution < 1.29 is 23.0 Å². The number of hydrogen-bond acceptors (Lipinski definition) is 4. The Morgan fingerprint density at radius 1 is 1.30 bits per heavy atom. The van der Waals surface area contributed by atoms with E-state index in [1.54, 1.807) is 13.2 Å². The molecule has 0 aliphatic carbocycles.